The first-order valence-electron chi connectivity index (χ1n) is 7.57. The zero-order valence-corrected chi connectivity index (χ0v) is 15.1. The summed E-state index contributed by atoms with van der Waals surface area (Å²) in [6, 6.07) is 0. The van der Waals surface area contributed by atoms with E-state index in [1.54, 1.807) is 0 Å². The molecule has 124 valence electrons. The van der Waals surface area contributed by atoms with E-state index in [2.05, 4.69) is 31.1 Å². The number of hydrogen-bond acceptors (Lipinski definition) is 4. The number of aryl methyl sites for hydroxylation is 1. The van der Waals surface area contributed by atoms with Crippen LogP contribution in [0.25, 0.3) is 0 Å². The number of carbonyl (C=O) groups excluding carboxylic acids is 1. The van der Waals surface area contributed by atoms with Gasteiger partial charge in [0.05, 0.1) is 22.7 Å². The van der Waals surface area contributed by atoms with E-state index >= 15 is 0 Å². The number of amides is 1. The van der Waals surface area contributed by atoms with Crippen LogP contribution < -0.4 is 5.32 Å². The summed E-state index contributed by atoms with van der Waals surface area (Å²) in [5.41, 5.74) is -0.119. The fourth-order valence-electron chi connectivity index (χ4n) is 2.24. The second-order valence-electron chi connectivity index (χ2n) is 6.70. The third-order valence-electron chi connectivity index (χ3n) is 3.87. The molecule has 0 atom stereocenters. The maximum absolute atomic E-state index is 12.6. The van der Waals surface area contributed by atoms with Crippen molar-refractivity contribution in [1.29, 1.82) is 0 Å². The Labute approximate surface area is 136 Å². The lowest BCUT2D eigenvalue weighted by Crippen LogP contribution is -2.49. The smallest absolute Gasteiger partial charge is 0.305 e. The van der Waals surface area contributed by atoms with Gasteiger partial charge in [-0.1, -0.05) is 34.6 Å². The van der Waals surface area contributed by atoms with Crippen LogP contribution >= 0.6 is 11.3 Å². The predicted molar refractivity (Wildman–Crippen MR) is 88.6 cm³/mol. The van der Waals surface area contributed by atoms with Gasteiger partial charge in [0.25, 0.3) is 5.91 Å². The molecule has 0 aliphatic heterocycles. The van der Waals surface area contributed by atoms with Gasteiger partial charge < -0.3 is 10.4 Å². The normalized spacial score (nSPS) is 12.3. The van der Waals surface area contributed by atoms with Gasteiger partial charge >= 0.3 is 5.97 Å². The molecule has 0 saturated heterocycles. The van der Waals surface area contributed by atoms with E-state index < -0.39 is 11.5 Å². The molecule has 0 aliphatic carbocycles. The van der Waals surface area contributed by atoms with Crippen LogP contribution in [0.2, 0.25) is 0 Å². The van der Waals surface area contributed by atoms with E-state index in [9.17, 15) is 9.59 Å². The summed E-state index contributed by atoms with van der Waals surface area (Å²) < 4.78 is 0. The zero-order chi connectivity index (χ0) is 17.1. The molecule has 5 nitrogen and oxygen atoms in total. The minimum atomic E-state index is -0.902. The molecule has 6 heteroatoms. The standard InChI is InChI=1S/C16H26N2O3S/c1-7-16(8-2,9-11(19)20)18-13(21)12-10(3)17-14(22-12)15(4,5)6/h7-9H2,1-6H3,(H,18,21)(H,19,20). The summed E-state index contributed by atoms with van der Waals surface area (Å²) in [6.45, 7) is 11.8. The lowest BCUT2D eigenvalue weighted by molar-refractivity contribution is -0.138. The summed E-state index contributed by atoms with van der Waals surface area (Å²) in [5.74, 6) is -1.13. The topological polar surface area (TPSA) is 79.3 Å². The molecule has 1 aromatic heterocycles. The third kappa shape index (κ3) is 4.29. The van der Waals surface area contributed by atoms with Gasteiger partial charge in [0.15, 0.2) is 0 Å². The van der Waals surface area contributed by atoms with Crippen LogP contribution in [-0.2, 0) is 10.2 Å². The Kier molecular flexibility index (Phi) is 5.73. The van der Waals surface area contributed by atoms with Crippen molar-refractivity contribution in [3.63, 3.8) is 0 Å². The number of nitrogens with one attached hydrogen (secondary N) is 1. The van der Waals surface area contributed by atoms with Crippen LogP contribution in [0.4, 0.5) is 0 Å². The van der Waals surface area contributed by atoms with Crippen LogP contribution in [0.1, 0.15) is 74.3 Å². The quantitative estimate of drug-likeness (QED) is 0.838. The molecular formula is C16H26N2O3S. The van der Waals surface area contributed by atoms with E-state index in [4.69, 9.17) is 5.11 Å². The number of hydrogen-bond donors (Lipinski definition) is 2. The molecule has 0 bridgehead atoms. The Morgan fingerprint density at radius 3 is 2.14 bits per heavy atom. The van der Waals surface area contributed by atoms with Crippen molar-refractivity contribution < 1.29 is 14.7 Å². The maximum Gasteiger partial charge on any atom is 0.305 e. The monoisotopic (exact) mass is 326 g/mol. The van der Waals surface area contributed by atoms with Crippen molar-refractivity contribution in [2.45, 2.75) is 71.8 Å². The molecule has 2 N–H and O–H groups in total. The van der Waals surface area contributed by atoms with Gasteiger partial charge in [-0.15, -0.1) is 11.3 Å². The number of thiazole rings is 1. The van der Waals surface area contributed by atoms with Gasteiger partial charge in [-0.3, -0.25) is 9.59 Å². The Morgan fingerprint density at radius 1 is 1.23 bits per heavy atom. The number of aliphatic carboxylic acids is 1. The SMILES string of the molecule is CCC(CC)(CC(=O)O)NC(=O)c1sc(C(C)(C)C)nc1C. The molecule has 1 amide bonds. The Morgan fingerprint density at radius 2 is 1.77 bits per heavy atom. The third-order valence-corrected chi connectivity index (χ3v) is 5.45. The number of carboxylic acids is 1. The van der Waals surface area contributed by atoms with E-state index in [0.717, 1.165) is 5.01 Å². The van der Waals surface area contributed by atoms with Crippen LogP contribution in [-0.4, -0.2) is 27.5 Å². The van der Waals surface area contributed by atoms with E-state index in [1.807, 2.05) is 20.8 Å². The van der Waals surface area contributed by atoms with Gasteiger partial charge in [0.2, 0.25) is 0 Å². The molecule has 22 heavy (non-hydrogen) atoms. The molecule has 1 rings (SSSR count). The second kappa shape index (κ2) is 6.77. The van der Waals surface area contributed by atoms with E-state index in [-0.39, 0.29) is 17.7 Å². The molecular weight excluding hydrogens is 300 g/mol. The molecule has 1 aromatic rings. The highest BCUT2D eigenvalue weighted by molar-refractivity contribution is 7.14. The van der Waals surface area contributed by atoms with Crippen LogP contribution in [0.5, 0.6) is 0 Å². The minimum absolute atomic E-state index is 0.0737. The summed E-state index contributed by atoms with van der Waals surface area (Å²) >= 11 is 1.38. The first-order chi connectivity index (χ1) is 10.0. The van der Waals surface area contributed by atoms with Gasteiger partial charge in [0, 0.05) is 5.41 Å². The van der Waals surface area contributed by atoms with Crippen molar-refractivity contribution in [1.82, 2.24) is 10.3 Å². The van der Waals surface area contributed by atoms with Crippen molar-refractivity contribution in [3.8, 4) is 0 Å². The van der Waals surface area contributed by atoms with E-state index in [1.165, 1.54) is 11.3 Å². The summed E-state index contributed by atoms with van der Waals surface area (Å²) in [7, 11) is 0. The highest BCUT2D eigenvalue weighted by Gasteiger charge is 2.33. The minimum Gasteiger partial charge on any atom is -0.481 e. The summed E-state index contributed by atoms with van der Waals surface area (Å²) in [6.07, 6.45) is 1.08. The summed E-state index contributed by atoms with van der Waals surface area (Å²) in [4.78, 5) is 28.7. The lowest BCUT2D eigenvalue weighted by atomic mass is 9.89. The number of carboxylic acid groups (broad SMARTS) is 1. The predicted octanol–water partition coefficient (Wildman–Crippen LogP) is 3.51. The first kappa shape index (κ1) is 18.6. The molecule has 1 heterocycles. The van der Waals surface area contributed by atoms with Crippen LogP contribution in [0, 0.1) is 6.92 Å². The lowest BCUT2D eigenvalue weighted by Gasteiger charge is -2.31. The van der Waals surface area contributed by atoms with Gasteiger partial charge in [-0.2, -0.15) is 0 Å². The highest BCUT2D eigenvalue weighted by atomic mass is 32.1. The molecule has 0 aliphatic rings. The number of carbonyl (C=O) groups is 2. The largest absolute Gasteiger partial charge is 0.481 e. The van der Waals surface area contributed by atoms with Crippen molar-refractivity contribution in [3.05, 3.63) is 15.6 Å². The number of aromatic nitrogens is 1. The summed E-state index contributed by atoms with van der Waals surface area (Å²) in [5, 5.41) is 12.9. The number of rotatable bonds is 6. The van der Waals surface area contributed by atoms with Gasteiger partial charge in [-0.25, -0.2) is 4.98 Å². The molecule has 0 unspecified atom stereocenters. The van der Waals surface area contributed by atoms with Crippen molar-refractivity contribution in [2.75, 3.05) is 0 Å². The van der Waals surface area contributed by atoms with Crippen molar-refractivity contribution >= 4 is 23.2 Å². The molecule has 0 radical (unpaired) electrons. The molecule has 0 aromatic carbocycles. The van der Waals surface area contributed by atoms with Gasteiger partial charge in [-0.05, 0) is 19.8 Å². The fourth-order valence-corrected chi connectivity index (χ4v) is 3.26. The Hall–Kier alpha value is -1.43. The number of nitrogens with zero attached hydrogens (tertiary/aromatic N) is 1. The molecule has 0 spiro atoms. The van der Waals surface area contributed by atoms with Crippen molar-refractivity contribution in [2.24, 2.45) is 0 Å². The highest BCUT2D eigenvalue weighted by Crippen LogP contribution is 2.30. The Balaban J connectivity index is 3.05. The van der Waals surface area contributed by atoms with Crippen LogP contribution in [0.15, 0.2) is 0 Å². The van der Waals surface area contributed by atoms with Gasteiger partial charge in [0.1, 0.15) is 4.88 Å². The molecule has 0 fully saturated rings. The first-order valence-corrected chi connectivity index (χ1v) is 8.38. The van der Waals surface area contributed by atoms with Crippen LogP contribution in [0.3, 0.4) is 0 Å². The average Bonchev–Trinajstić information content (AvgIpc) is 2.79. The second-order valence-corrected chi connectivity index (χ2v) is 7.69. The average molecular weight is 326 g/mol. The fraction of sp³-hybridized carbons (Fsp3) is 0.688. The van der Waals surface area contributed by atoms with E-state index in [0.29, 0.717) is 23.4 Å². The zero-order valence-electron chi connectivity index (χ0n) is 14.2. The Bertz CT molecular complexity index is 554. The maximum atomic E-state index is 12.6. The molecule has 0 saturated carbocycles.